The average molecular weight is 282 g/mol. The molecule has 2 N–H and O–H groups in total. The minimum Gasteiger partial charge on any atom is -0.350 e. The Kier molecular flexibility index (Phi) is 6.01. The fraction of sp³-hybridized carbons (Fsp3) is 0.667. The summed E-state index contributed by atoms with van der Waals surface area (Å²) in [5, 5.41) is 8.57. The van der Waals surface area contributed by atoms with Gasteiger partial charge in [0.1, 0.15) is 0 Å². The Bertz CT molecular complexity index is 387. The van der Waals surface area contributed by atoms with Gasteiger partial charge in [-0.3, -0.25) is 10.1 Å². The van der Waals surface area contributed by atoms with Crippen molar-refractivity contribution in [2.75, 3.05) is 0 Å². The van der Waals surface area contributed by atoms with Crippen LogP contribution in [0.3, 0.4) is 0 Å². The summed E-state index contributed by atoms with van der Waals surface area (Å²) in [4.78, 5) is 13.5. The number of carbonyl (C=O) groups excluding carboxylic acids is 1. The van der Waals surface area contributed by atoms with E-state index in [-0.39, 0.29) is 23.5 Å². The fourth-order valence-electron chi connectivity index (χ4n) is 1.80. The van der Waals surface area contributed by atoms with Crippen molar-refractivity contribution in [3.05, 3.63) is 22.4 Å². The largest absolute Gasteiger partial charge is 0.350 e. The van der Waals surface area contributed by atoms with Crippen molar-refractivity contribution in [2.45, 2.75) is 65.1 Å². The van der Waals surface area contributed by atoms with Gasteiger partial charge in [0.05, 0.1) is 6.04 Å². The van der Waals surface area contributed by atoms with Crippen LogP contribution < -0.4 is 10.6 Å². The van der Waals surface area contributed by atoms with Gasteiger partial charge in [0.25, 0.3) is 0 Å². The standard InChI is InChI=1S/C15H26N2OS/c1-6-12(13-9-8-10-19-13)16-11(3)14(18)17-15(4,5)7-2/h8-12,16H,6-7H2,1-5H3,(H,17,18). The summed E-state index contributed by atoms with van der Waals surface area (Å²) in [6.07, 6.45) is 1.91. The van der Waals surface area contributed by atoms with E-state index in [2.05, 4.69) is 42.0 Å². The summed E-state index contributed by atoms with van der Waals surface area (Å²) in [6, 6.07) is 4.24. The Labute approximate surface area is 120 Å². The predicted octanol–water partition coefficient (Wildman–Crippen LogP) is 3.48. The highest BCUT2D eigenvalue weighted by Crippen LogP contribution is 2.22. The van der Waals surface area contributed by atoms with Crippen molar-refractivity contribution < 1.29 is 4.79 Å². The number of thiophene rings is 1. The van der Waals surface area contributed by atoms with Crippen LogP contribution >= 0.6 is 11.3 Å². The predicted molar refractivity (Wildman–Crippen MR) is 82.5 cm³/mol. The third-order valence-electron chi connectivity index (χ3n) is 3.48. The van der Waals surface area contributed by atoms with Gasteiger partial charge in [-0.15, -0.1) is 11.3 Å². The summed E-state index contributed by atoms with van der Waals surface area (Å²) >= 11 is 1.73. The van der Waals surface area contributed by atoms with Gasteiger partial charge in [-0.2, -0.15) is 0 Å². The van der Waals surface area contributed by atoms with Crippen molar-refractivity contribution in [1.29, 1.82) is 0 Å². The Morgan fingerprint density at radius 3 is 2.58 bits per heavy atom. The highest BCUT2D eigenvalue weighted by Gasteiger charge is 2.23. The van der Waals surface area contributed by atoms with Crippen LogP contribution in [0.1, 0.15) is 58.4 Å². The van der Waals surface area contributed by atoms with Crippen LogP contribution in [0.5, 0.6) is 0 Å². The molecule has 1 rings (SSSR count). The van der Waals surface area contributed by atoms with Crippen LogP contribution in [0.2, 0.25) is 0 Å². The van der Waals surface area contributed by atoms with Gasteiger partial charge in [0, 0.05) is 16.5 Å². The first-order valence-corrected chi connectivity index (χ1v) is 7.89. The molecule has 0 saturated heterocycles. The SMILES string of the molecule is CCC(NC(C)C(=O)NC(C)(C)CC)c1cccs1. The van der Waals surface area contributed by atoms with E-state index in [9.17, 15) is 4.79 Å². The Morgan fingerprint density at radius 2 is 2.11 bits per heavy atom. The minimum atomic E-state index is -0.183. The molecule has 3 nitrogen and oxygen atoms in total. The average Bonchev–Trinajstić information content (AvgIpc) is 2.88. The lowest BCUT2D eigenvalue weighted by molar-refractivity contribution is -0.124. The van der Waals surface area contributed by atoms with E-state index in [0.717, 1.165) is 12.8 Å². The Balaban J connectivity index is 2.58. The number of amides is 1. The first-order chi connectivity index (χ1) is 8.89. The minimum absolute atomic E-state index is 0.0712. The van der Waals surface area contributed by atoms with Gasteiger partial charge in [-0.25, -0.2) is 0 Å². The molecule has 0 radical (unpaired) electrons. The number of carbonyl (C=O) groups is 1. The molecule has 0 aliphatic rings. The number of hydrogen-bond donors (Lipinski definition) is 2. The third-order valence-corrected chi connectivity index (χ3v) is 4.47. The quantitative estimate of drug-likeness (QED) is 0.804. The van der Waals surface area contributed by atoms with E-state index >= 15 is 0 Å². The second-order valence-corrected chi connectivity index (χ2v) is 6.57. The molecule has 4 heteroatoms. The zero-order valence-corrected chi connectivity index (χ0v) is 13.4. The van der Waals surface area contributed by atoms with E-state index in [1.807, 2.05) is 20.8 Å². The molecule has 0 aromatic carbocycles. The summed E-state index contributed by atoms with van der Waals surface area (Å²) < 4.78 is 0. The van der Waals surface area contributed by atoms with E-state index in [1.165, 1.54) is 4.88 Å². The molecule has 108 valence electrons. The lowest BCUT2D eigenvalue weighted by Crippen LogP contribution is -2.51. The fourth-order valence-corrected chi connectivity index (χ4v) is 2.67. The molecule has 2 unspecified atom stereocenters. The molecule has 0 bridgehead atoms. The van der Waals surface area contributed by atoms with E-state index < -0.39 is 0 Å². The molecule has 0 aliphatic carbocycles. The van der Waals surface area contributed by atoms with Crippen molar-refractivity contribution >= 4 is 17.2 Å². The van der Waals surface area contributed by atoms with Crippen molar-refractivity contribution in [3.63, 3.8) is 0 Å². The van der Waals surface area contributed by atoms with Gasteiger partial charge in [-0.1, -0.05) is 19.9 Å². The molecule has 0 aliphatic heterocycles. The second kappa shape index (κ2) is 7.06. The van der Waals surface area contributed by atoms with E-state index in [1.54, 1.807) is 11.3 Å². The highest BCUT2D eigenvalue weighted by atomic mass is 32.1. The van der Waals surface area contributed by atoms with Crippen LogP contribution in [-0.4, -0.2) is 17.5 Å². The molecule has 0 spiro atoms. The van der Waals surface area contributed by atoms with Crippen molar-refractivity contribution in [3.8, 4) is 0 Å². The zero-order chi connectivity index (χ0) is 14.5. The van der Waals surface area contributed by atoms with Crippen molar-refractivity contribution in [2.24, 2.45) is 0 Å². The highest BCUT2D eigenvalue weighted by molar-refractivity contribution is 7.10. The monoisotopic (exact) mass is 282 g/mol. The van der Waals surface area contributed by atoms with Gasteiger partial charge in [0.15, 0.2) is 0 Å². The molecule has 0 fully saturated rings. The maximum absolute atomic E-state index is 12.2. The molecule has 1 heterocycles. The number of hydrogen-bond acceptors (Lipinski definition) is 3. The van der Waals surface area contributed by atoms with Gasteiger partial charge >= 0.3 is 0 Å². The number of rotatable bonds is 7. The Morgan fingerprint density at radius 1 is 1.42 bits per heavy atom. The normalized spacial score (nSPS) is 15.0. The van der Waals surface area contributed by atoms with Gasteiger partial charge in [0.2, 0.25) is 5.91 Å². The van der Waals surface area contributed by atoms with Crippen LogP contribution in [-0.2, 0) is 4.79 Å². The molecule has 1 aromatic rings. The molecule has 0 saturated carbocycles. The summed E-state index contributed by atoms with van der Waals surface area (Å²) in [5.41, 5.74) is -0.141. The zero-order valence-electron chi connectivity index (χ0n) is 12.6. The first kappa shape index (κ1) is 16.2. The smallest absolute Gasteiger partial charge is 0.237 e. The third kappa shape index (κ3) is 4.96. The first-order valence-electron chi connectivity index (χ1n) is 7.01. The topological polar surface area (TPSA) is 41.1 Å². The maximum atomic E-state index is 12.2. The van der Waals surface area contributed by atoms with Gasteiger partial charge < -0.3 is 5.32 Å². The number of nitrogens with one attached hydrogen (secondary N) is 2. The summed E-state index contributed by atoms with van der Waals surface area (Å²) in [5.74, 6) is 0.0712. The lowest BCUT2D eigenvalue weighted by atomic mass is 10.0. The molecular weight excluding hydrogens is 256 g/mol. The van der Waals surface area contributed by atoms with E-state index in [0.29, 0.717) is 0 Å². The maximum Gasteiger partial charge on any atom is 0.237 e. The molecule has 1 aromatic heterocycles. The van der Waals surface area contributed by atoms with Crippen LogP contribution in [0.15, 0.2) is 17.5 Å². The van der Waals surface area contributed by atoms with Crippen molar-refractivity contribution in [1.82, 2.24) is 10.6 Å². The summed E-state index contributed by atoms with van der Waals surface area (Å²) in [7, 11) is 0. The molecule has 19 heavy (non-hydrogen) atoms. The van der Waals surface area contributed by atoms with E-state index in [4.69, 9.17) is 0 Å². The molecule has 1 amide bonds. The lowest BCUT2D eigenvalue weighted by Gasteiger charge is -2.28. The van der Waals surface area contributed by atoms with Gasteiger partial charge in [-0.05, 0) is 45.1 Å². The Hall–Kier alpha value is -0.870. The van der Waals surface area contributed by atoms with Crippen LogP contribution in [0.4, 0.5) is 0 Å². The van der Waals surface area contributed by atoms with Crippen LogP contribution in [0.25, 0.3) is 0 Å². The molecule has 2 atom stereocenters. The second-order valence-electron chi connectivity index (χ2n) is 5.59. The summed E-state index contributed by atoms with van der Waals surface area (Å²) in [6.45, 7) is 10.2. The van der Waals surface area contributed by atoms with Crippen LogP contribution in [0, 0.1) is 0 Å². The molecular formula is C15H26N2OS.